The largest absolute Gasteiger partial charge is 0.371 e. The van der Waals surface area contributed by atoms with Gasteiger partial charge in [0.25, 0.3) is 0 Å². The molecular formula is C22H20FN3O. The number of anilines is 1. The van der Waals surface area contributed by atoms with Crippen molar-refractivity contribution in [3.63, 3.8) is 0 Å². The smallest absolute Gasteiger partial charge is 0.161 e. The highest BCUT2D eigenvalue weighted by Crippen LogP contribution is 2.35. The number of carbonyl (C=O) groups is 1. The Morgan fingerprint density at radius 1 is 1.22 bits per heavy atom. The quantitative estimate of drug-likeness (QED) is 0.684. The van der Waals surface area contributed by atoms with Crippen molar-refractivity contribution in [3.8, 4) is 6.07 Å². The number of piperidine rings is 1. The lowest BCUT2D eigenvalue weighted by molar-refractivity contribution is 0.101. The summed E-state index contributed by atoms with van der Waals surface area (Å²) in [7, 11) is 0. The Kier molecular flexibility index (Phi) is 4.41. The second kappa shape index (κ2) is 6.88. The Morgan fingerprint density at radius 3 is 2.70 bits per heavy atom. The third-order valence-electron chi connectivity index (χ3n) is 5.46. The summed E-state index contributed by atoms with van der Waals surface area (Å²) >= 11 is 0. The first-order valence-corrected chi connectivity index (χ1v) is 9.13. The number of carbonyl (C=O) groups excluding carboxylic acids is 1. The predicted molar refractivity (Wildman–Crippen MR) is 104 cm³/mol. The molecule has 1 aromatic heterocycles. The lowest BCUT2D eigenvalue weighted by atomic mass is 9.88. The van der Waals surface area contributed by atoms with Gasteiger partial charge in [-0.3, -0.25) is 4.79 Å². The molecule has 1 aliphatic rings. The number of rotatable bonds is 3. The van der Waals surface area contributed by atoms with Crippen molar-refractivity contribution in [2.24, 2.45) is 0 Å². The Hall–Kier alpha value is -3.13. The van der Waals surface area contributed by atoms with Gasteiger partial charge in [0.1, 0.15) is 5.82 Å². The highest BCUT2D eigenvalue weighted by Gasteiger charge is 2.25. The van der Waals surface area contributed by atoms with Gasteiger partial charge < -0.3 is 9.88 Å². The van der Waals surface area contributed by atoms with E-state index in [9.17, 15) is 14.4 Å². The average molecular weight is 361 g/mol. The molecule has 0 saturated carbocycles. The van der Waals surface area contributed by atoms with E-state index < -0.39 is 0 Å². The highest BCUT2D eigenvalue weighted by molar-refractivity contribution is 6.00. The van der Waals surface area contributed by atoms with Gasteiger partial charge in [-0.25, -0.2) is 4.39 Å². The van der Waals surface area contributed by atoms with Gasteiger partial charge in [0.2, 0.25) is 0 Å². The highest BCUT2D eigenvalue weighted by atomic mass is 19.1. The first-order chi connectivity index (χ1) is 13.1. The molecule has 0 unspecified atom stereocenters. The van der Waals surface area contributed by atoms with Crippen molar-refractivity contribution in [2.75, 3.05) is 18.0 Å². The van der Waals surface area contributed by atoms with E-state index in [1.165, 1.54) is 17.7 Å². The molecule has 1 saturated heterocycles. The molecule has 0 aliphatic carbocycles. The molecular weight excluding hydrogens is 341 g/mol. The van der Waals surface area contributed by atoms with Crippen molar-refractivity contribution < 1.29 is 9.18 Å². The number of hydrogen-bond acceptors (Lipinski definition) is 3. The van der Waals surface area contributed by atoms with E-state index in [-0.39, 0.29) is 11.6 Å². The fourth-order valence-electron chi connectivity index (χ4n) is 4.05. The number of benzene rings is 2. The summed E-state index contributed by atoms with van der Waals surface area (Å²) in [5.41, 5.74) is 4.13. The number of halogens is 1. The third-order valence-corrected chi connectivity index (χ3v) is 5.46. The molecule has 0 spiro atoms. The second-order valence-electron chi connectivity index (χ2n) is 7.10. The minimum absolute atomic E-state index is 0.00951. The van der Waals surface area contributed by atoms with E-state index in [1.54, 1.807) is 19.1 Å². The molecule has 3 aromatic rings. The van der Waals surface area contributed by atoms with Gasteiger partial charge in [-0.15, -0.1) is 0 Å². The molecule has 0 radical (unpaired) electrons. The van der Waals surface area contributed by atoms with Crippen LogP contribution in [-0.4, -0.2) is 23.9 Å². The van der Waals surface area contributed by atoms with Crippen molar-refractivity contribution in [3.05, 3.63) is 65.1 Å². The molecule has 27 heavy (non-hydrogen) atoms. The van der Waals surface area contributed by atoms with Gasteiger partial charge in [-0.05, 0) is 67.6 Å². The van der Waals surface area contributed by atoms with Crippen LogP contribution >= 0.6 is 0 Å². The van der Waals surface area contributed by atoms with Crippen molar-refractivity contribution in [1.82, 2.24) is 4.98 Å². The summed E-state index contributed by atoms with van der Waals surface area (Å²) in [6.45, 7) is 3.18. The van der Waals surface area contributed by atoms with E-state index in [1.807, 2.05) is 18.3 Å². The molecule has 0 atom stereocenters. The van der Waals surface area contributed by atoms with Gasteiger partial charge in [0.05, 0.1) is 11.6 Å². The first kappa shape index (κ1) is 17.3. The van der Waals surface area contributed by atoms with Gasteiger partial charge in [0.15, 0.2) is 5.78 Å². The van der Waals surface area contributed by atoms with Crippen LogP contribution in [0, 0.1) is 17.1 Å². The molecule has 0 bridgehead atoms. The molecule has 4 rings (SSSR count). The molecule has 1 N–H and O–H groups in total. The molecule has 2 heterocycles. The molecule has 4 nitrogen and oxygen atoms in total. The number of Topliss-reactive ketones (excluding diaryl/α,β-unsaturated/α-hetero) is 1. The van der Waals surface area contributed by atoms with Gasteiger partial charge in [0, 0.05) is 41.4 Å². The van der Waals surface area contributed by atoms with Gasteiger partial charge in [-0.2, -0.15) is 5.26 Å². The minimum Gasteiger partial charge on any atom is -0.371 e. The van der Waals surface area contributed by atoms with Crippen LogP contribution in [0.1, 0.15) is 47.2 Å². The molecule has 2 aromatic carbocycles. The van der Waals surface area contributed by atoms with E-state index >= 15 is 0 Å². The van der Waals surface area contributed by atoms with Crippen LogP contribution in [0.2, 0.25) is 0 Å². The molecule has 0 amide bonds. The zero-order chi connectivity index (χ0) is 19.0. The molecule has 136 valence electrons. The lowest BCUT2D eigenvalue weighted by Gasteiger charge is -2.34. The number of aromatic amines is 1. The molecule has 5 heteroatoms. The number of nitriles is 1. The standard InChI is InChI=1S/C22H20FN3O/c1-14(27)18-4-2-15(12-24)10-22(18)26-8-6-16(7-9-26)20-13-25-21-11-17(23)3-5-19(20)21/h2-5,10-11,13,16,25H,6-9H2,1H3. The monoisotopic (exact) mass is 361 g/mol. The minimum atomic E-state index is -0.236. The van der Waals surface area contributed by atoms with Crippen LogP contribution in [-0.2, 0) is 0 Å². The number of H-pyrrole nitrogens is 1. The Bertz CT molecular complexity index is 1060. The van der Waals surface area contributed by atoms with Crippen LogP contribution in [0.5, 0.6) is 0 Å². The van der Waals surface area contributed by atoms with Crippen LogP contribution in [0.15, 0.2) is 42.6 Å². The summed E-state index contributed by atoms with van der Waals surface area (Å²) in [6, 6.07) is 12.3. The number of aromatic nitrogens is 1. The molecule has 1 fully saturated rings. The summed E-state index contributed by atoms with van der Waals surface area (Å²) in [5, 5.41) is 10.3. The Balaban J connectivity index is 1.57. The number of hydrogen-bond donors (Lipinski definition) is 1. The lowest BCUT2D eigenvalue weighted by Crippen LogP contribution is -2.33. The normalized spacial score (nSPS) is 15.1. The zero-order valence-corrected chi connectivity index (χ0v) is 15.1. The second-order valence-corrected chi connectivity index (χ2v) is 7.10. The maximum Gasteiger partial charge on any atom is 0.161 e. The van der Waals surface area contributed by atoms with Crippen molar-refractivity contribution in [2.45, 2.75) is 25.7 Å². The Labute approximate surface area is 157 Å². The van der Waals surface area contributed by atoms with Crippen LogP contribution in [0.25, 0.3) is 10.9 Å². The average Bonchev–Trinajstić information content (AvgIpc) is 3.10. The summed E-state index contributed by atoms with van der Waals surface area (Å²) in [4.78, 5) is 17.4. The zero-order valence-electron chi connectivity index (χ0n) is 15.1. The fraction of sp³-hybridized carbons (Fsp3) is 0.273. The van der Waals surface area contributed by atoms with E-state index in [4.69, 9.17) is 0 Å². The SMILES string of the molecule is CC(=O)c1ccc(C#N)cc1N1CCC(c2c[nH]c3cc(F)ccc23)CC1. The molecule has 1 aliphatic heterocycles. The van der Waals surface area contributed by atoms with Crippen LogP contribution in [0.4, 0.5) is 10.1 Å². The maximum atomic E-state index is 13.4. The topological polar surface area (TPSA) is 59.9 Å². The summed E-state index contributed by atoms with van der Waals surface area (Å²) in [6.07, 6.45) is 3.87. The van der Waals surface area contributed by atoms with Crippen LogP contribution in [0.3, 0.4) is 0 Å². The number of ketones is 1. The van der Waals surface area contributed by atoms with Gasteiger partial charge >= 0.3 is 0 Å². The fourth-order valence-corrected chi connectivity index (χ4v) is 4.05. The van der Waals surface area contributed by atoms with Crippen LogP contribution < -0.4 is 4.90 Å². The predicted octanol–water partition coefficient (Wildman–Crippen LogP) is 4.77. The van der Waals surface area contributed by atoms with Crippen molar-refractivity contribution in [1.29, 1.82) is 5.26 Å². The number of nitrogens with zero attached hydrogens (tertiary/aromatic N) is 2. The summed E-state index contributed by atoms with van der Waals surface area (Å²) in [5.74, 6) is 0.163. The maximum absolute atomic E-state index is 13.4. The van der Waals surface area contributed by atoms with Crippen molar-refractivity contribution >= 4 is 22.4 Å². The summed E-state index contributed by atoms with van der Waals surface area (Å²) < 4.78 is 13.4. The number of fused-ring (bicyclic) bond motifs is 1. The number of nitrogens with one attached hydrogen (secondary N) is 1. The first-order valence-electron chi connectivity index (χ1n) is 9.13. The third kappa shape index (κ3) is 3.19. The van der Waals surface area contributed by atoms with E-state index in [2.05, 4.69) is 16.0 Å². The van der Waals surface area contributed by atoms with E-state index in [0.29, 0.717) is 17.0 Å². The van der Waals surface area contributed by atoms with Gasteiger partial charge in [-0.1, -0.05) is 0 Å². The Morgan fingerprint density at radius 2 is 2.00 bits per heavy atom. The van der Waals surface area contributed by atoms with E-state index in [0.717, 1.165) is 42.5 Å².